The Morgan fingerprint density at radius 1 is 0.736 bits per heavy atom. The molecule has 1 atom stereocenters. The fourth-order valence-corrected chi connectivity index (χ4v) is 11.7. The fraction of sp³-hybridized carbons (Fsp3) is 0.462. The summed E-state index contributed by atoms with van der Waals surface area (Å²) in [4.78, 5) is 0. The van der Waals surface area contributed by atoms with Gasteiger partial charge in [0.15, 0.2) is 0 Å². The Kier molecular flexibility index (Phi) is 11.4. The summed E-state index contributed by atoms with van der Waals surface area (Å²) in [5, 5.41) is 0. The Balaban J connectivity index is 0.000000150. The Bertz CT molecular complexity index is 1870. The molecule has 4 saturated carbocycles. The Morgan fingerprint density at radius 2 is 1.28 bits per heavy atom. The van der Waals surface area contributed by atoms with Crippen molar-refractivity contribution in [1.82, 2.24) is 0 Å². The van der Waals surface area contributed by atoms with Crippen LogP contribution in [0.2, 0.25) is 0 Å². The summed E-state index contributed by atoms with van der Waals surface area (Å²) < 4.78 is 3.34. The molecular formula is C52H62Zr-4. The van der Waals surface area contributed by atoms with Gasteiger partial charge in [0, 0.05) is 5.41 Å². The average Bonchev–Trinajstić information content (AvgIpc) is 3.73. The summed E-state index contributed by atoms with van der Waals surface area (Å²) in [6.07, 6.45) is 23.9. The molecule has 8 aliphatic rings. The smallest absolute Gasteiger partial charge is 0.358 e. The van der Waals surface area contributed by atoms with Gasteiger partial charge in [-0.2, -0.15) is 53.1 Å². The normalized spacial score (nSPS) is 27.7. The number of fused-ring (bicyclic) bond motifs is 5. The zero-order chi connectivity index (χ0) is 37.2. The molecule has 0 N–H and O–H groups in total. The minimum absolute atomic E-state index is 0. The standard InChI is InChI=1S/C25H25.C18H25.C7H7.CH3.CH2.Zr/c1-14-12-24(3,4)22-8-16-7-17-9-23-19(15(2)13-25(23,5)6)11-21(17)20(16)10-18(14)22;1-12-3-13(2)17(4-12)11-18-8-14-5-15(9-18)7-16(6-14)10-18;1-7-5-3-2-4-6-7;;;/h8-12H,7H2,1-6H3;4,12,14-16H,5-11H2,1-2H3;3-6H,1H3;1H3;1H2;/q4*-1;;. The molecule has 0 spiro atoms. The summed E-state index contributed by atoms with van der Waals surface area (Å²) >= 11 is 1.30. The molecule has 0 aromatic heterocycles. The van der Waals surface area contributed by atoms with Gasteiger partial charge in [-0.1, -0.05) is 91.4 Å². The largest absolute Gasteiger partial charge is 0.358 e. The Morgan fingerprint density at radius 3 is 1.79 bits per heavy atom. The molecule has 53 heavy (non-hydrogen) atoms. The molecule has 4 fully saturated rings. The van der Waals surface area contributed by atoms with Gasteiger partial charge in [-0.25, -0.2) is 11.1 Å². The maximum Gasteiger partial charge on any atom is -0.358 e. The van der Waals surface area contributed by atoms with E-state index < -0.39 is 0 Å². The van der Waals surface area contributed by atoms with Gasteiger partial charge in [-0.15, -0.1) is 11.6 Å². The van der Waals surface area contributed by atoms with Crippen molar-refractivity contribution in [2.75, 3.05) is 0 Å². The van der Waals surface area contributed by atoms with Crippen LogP contribution in [0, 0.1) is 61.7 Å². The van der Waals surface area contributed by atoms with Crippen molar-refractivity contribution in [3.63, 3.8) is 0 Å². The van der Waals surface area contributed by atoms with Crippen molar-refractivity contribution >= 4 is 15.4 Å². The molecule has 0 aliphatic heterocycles. The minimum Gasteiger partial charge on any atom is -0.358 e. The van der Waals surface area contributed by atoms with Gasteiger partial charge in [0.1, 0.15) is 0 Å². The third-order valence-electron chi connectivity index (χ3n) is 13.4. The monoisotopic (exact) mass is 776 g/mol. The molecule has 0 nitrogen and oxygen atoms in total. The van der Waals surface area contributed by atoms with Crippen molar-refractivity contribution in [2.45, 2.75) is 125 Å². The van der Waals surface area contributed by atoms with Gasteiger partial charge in [0.2, 0.25) is 0 Å². The van der Waals surface area contributed by atoms with Crippen LogP contribution in [-0.4, -0.2) is 4.21 Å². The molecule has 8 aliphatic carbocycles. The van der Waals surface area contributed by atoms with Crippen LogP contribution in [0.15, 0.2) is 71.8 Å². The molecule has 11 rings (SSSR count). The summed E-state index contributed by atoms with van der Waals surface area (Å²) in [5.41, 5.74) is 19.6. The van der Waals surface area contributed by atoms with Gasteiger partial charge in [0.05, 0.1) is 0 Å². The van der Waals surface area contributed by atoms with Crippen molar-refractivity contribution in [3.8, 4) is 11.1 Å². The molecule has 0 amide bonds. The third kappa shape index (κ3) is 7.78. The first kappa shape index (κ1) is 40.0. The number of allylic oxidation sites excluding steroid dienone is 8. The van der Waals surface area contributed by atoms with Crippen LogP contribution in [0.1, 0.15) is 139 Å². The Hall–Kier alpha value is -2.63. The van der Waals surface area contributed by atoms with Crippen molar-refractivity contribution in [3.05, 3.63) is 136 Å². The third-order valence-corrected chi connectivity index (χ3v) is 13.4. The molecule has 3 aromatic carbocycles. The second-order valence-electron chi connectivity index (χ2n) is 18.6. The topological polar surface area (TPSA) is 0 Å². The van der Waals surface area contributed by atoms with E-state index in [0.29, 0.717) is 11.3 Å². The molecule has 0 saturated heterocycles. The van der Waals surface area contributed by atoms with E-state index in [1.807, 2.05) is 24.3 Å². The van der Waals surface area contributed by atoms with Crippen LogP contribution in [0.5, 0.6) is 0 Å². The minimum atomic E-state index is 0. The first-order valence-corrected chi connectivity index (χ1v) is 21.7. The maximum atomic E-state index is 3.65. The first-order valence-electron chi connectivity index (χ1n) is 19.9. The van der Waals surface area contributed by atoms with Gasteiger partial charge < -0.3 is 7.43 Å². The maximum absolute atomic E-state index is 3.65. The van der Waals surface area contributed by atoms with Crippen LogP contribution in [0.25, 0.3) is 22.3 Å². The van der Waals surface area contributed by atoms with Crippen molar-refractivity contribution < 1.29 is 24.2 Å². The number of benzene rings is 3. The van der Waals surface area contributed by atoms with E-state index in [1.165, 1.54) is 97.4 Å². The van der Waals surface area contributed by atoms with Gasteiger partial charge in [-0.3, -0.25) is 12.2 Å². The fourth-order valence-electron chi connectivity index (χ4n) is 11.7. The predicted octanol–water partition coefficient (Wildman–Crippen LogP) is 13.6. The Labute approximate surface area is 338 Å². The number of hydrogen-bond acceptors (Lipinski definition) is 0. The summed E-state index contributed by atoms with van der Waals surface area (Å²) in [6.45, 7) is 20.3. The van der Waals surface area contributed by atoms with Gasteiger partial charge in [0.25, 0.3) is 0 Å². The average molecular weight is 778 g/mol. The SMILES string of the molecule is CC1=[C-]C(C)(C)c2cc3c(cc21)-c1cc2c(cc1C3)C(C)(C)C=C2C.CC1=[C-]C(C)C=C1CC12CC3CC(CC(C3)C1)C2.Cc1cc[c-]cc1.[CH2]=[Zr].[CH3-]. The molecule has 0 heterocycles. The summed E-state index contributed by atoms with van der Waals surface area (Å²) in [7, 11) is 0. The van der Waals surface area contributed by atoms with Crippen molar-refractivity contribution in [1.29, 1.82) is 0 Å². The zero-order valence-electron chi connectivity index (χ0n) is 34.4. The first-order chi connectivity index (χ1) is 24.7. The van der Waals surface area contributed by atoms with Crippen LogP contribution in [0.4, 0.5) is 0 Å². The predicted molar refractivity (Wildman–Crippen MR) is 225 cm³/mol. The molecule has 1 heteroatoms. The molecule has 278 valence electrons. The van der Waals surface area contributed by atoms with E-state index in [2.05, 4.69) is 121 Å². The summed E-state index contributed by atoms with van der Waals surface area (Å²) in [5.74, 6) is 3.82. The second-order valence-corrected chi connectivity index (χ2v) is 18.6. The van der Waals surface area contributed by atoms with E-state index in [1.54, 1.807) is 44.1 Å². The van der Waals surface area contributed by atoms with Crippen LogP contribution < -0.4 is 0 Å². The van der Waals surface area contributed by atoms with Crippen molar-refractivity contribution in [2.24, 2.45) is 29.1 Å². The van der Waals surface area contributed by atoms with E-state index in [0.717, 1.165) is 24.2 Å². The second kappa shape index (κ2) is 15.1. The van der Waals surface area contributed by atoms with E-state index >= 15 is 0 Å². The van der Waals surface area contributed by atoms with E-state index in [-0.39, 0.29) is 18.3 Å². The number of aryl methyl sites for hydroxylation is 1. The van der Waals surface area contributed by atoms with Crippen LogP contribution >= 0.6 is 0 Å². The summed E-state index contributed by atoms with van der Waals surface area (Å²) in [6, 6.07) is 20.6. The molecule has 4 bridgehead atoms. The molecule has 0 radical (unpaired) electrons. The molecular weight excluding hydrogens is 716 g/mol. The quantitative estimate of drug-likeness (QED) is 0.178. The van der Waals surface area contributed by atoms with Crippen LogP contribution in [0.3, 0.4) is 0 Å². The molecule has 3 aromatic rings. The zero-order valence-corrected chi connectivity index (χ0v) is 36.9. The van der Waals surface area contributed by atoms with E-state index in [4.69, 9.17) is 0 Å². The van der Waals surface area contributed by atoms with Crippen LogP contribution in [-0.2, 0) is 41.5 Å². The number of rotatable bonds is 2. The molecule has 1 unspecified atom stereocenters. The van der Waals surface area contributed by atoms with E-state index in [9.17, 15) is 0 Å². The number of hydrogen-bond donors (Lipinski definition) is 0. The van der Waals surface area contributed by atoms with Gasteiger partial charge >= 0.3 is 28.4 Å². The van der Waals surface area contributed by atoms with Gasteiger partial charge in [-0.05, 0) is 120 Å².